The summed E-state index contributed by atoms with van der Waals surface area (Å²) in [6, 6.07) is 0. The number of cyclic esters (lactones) is 4. The summed E-state index contributed by atoms with van der Waals surface area (Å²) in [5.41, 5.74) is 0. The van der Waals surface area contributed by atoms with E-state index in [0.717, 1.165) is 0 Å². The predicted molar refractivity (Wildman–Crippen MR) is 115 cm³/mol. The van der Waals surface area contributed by atoms with Gasteiger partial charge in [-0.1, -0.05) is 0 Å². The van der Waals surface area contributed by atoms with Gasteiger partial charge in [0.15, 0.2) is 0 Å². The molecule has 0 aliphatic carbocycles. The summed E-state index contributed by atoms with van der Waals surface area (Å²) in [6.07, 6.45) is 0. The Bertz CT molecular complexity index is 738. The first-order chi connectivity index (χ1) is 18.8. The zero-order chi connectivity index (χ0) is 30.8. The average Bonchev–Trinajstić information content (AvgIpc) is 3.00. The van der Waals surface area contributed by atoms with Gasteiger partial charge in [-0.25, -0.2) is 0 Å². The molecule has 228 valence electrons. The minimum atomic E-state index is -1.34. The van der Waals surface area contributed by atoms with Gasteiger partial charge in [0, 0.05) is 26.2 Å². The largest absolute Gasteiger partial charge is 1.00 e. The third-order valence-electron chi connectivity index (χ3n) is 3.37. The van der Waals surface area contributed by atoms with Crippen LogP contribution in [0.3, 0.4) is 0 Å². The van der Waals surface area contributed by atoms with Crippen molar-refractivity contribution in [1.82, 2.24) is 21.3 Å². The molecule has 20 nitrogen and oxygen atoms in total. The molecular formula is C20H28N4Na4O16. The number of carboxylic acids is 4. The van der Waals surface area contributed by atoms with Crippen LogP contribution in [-0.2, 0) is 57.3 Å². The number of esters is 4. The zero-order valence-electron chi connectivity index (χ0n) is 25.0. The van der Waals surface area contributed by atoms with Gasteiger partial charge < -0.3 is 69.2 Å². The Morgan fingerprint density at radius 3 is 0.818 bits per heavy atom. The molecule has 0 saturated carbocycles. The van der Waals surface area contributed by atoms with Crippen molar-refractivity contribution in [1.29, 1.82) is 0 Å². The first-order valence-electron chi connectivity index (χ1n) is 11.1. The van der Waals surface area contributed by atoms with Crippen molar-refractivity contribution in [2.24, 2.45) is 0 Å². The number of rotatable bonds is 8. The van der Waals surface area contributed by atoms with E-state index in [1.807, 2.05) is 0 Å². The molecular weight excluding hydrogens is 644 g/mol. The molecule has 2 rings (SSSR count). The molecule has 2 aliphatic rings. The second kappa shape index (κ2) is 38.8. The summed E-state index contributed by atoms with van der Waals surface area (Å²) >= 11 is 0. The summed E-state index contributed by atoms with van der Waals surface area (Å²) in [5, 5.41) is 47.7. The third kappa shape index (κ3) is 48.5. The second-order valence-corrected chi connectivity index (χ2v) is 6.78. The molecule has 0 amide bonds. The molecule has 0 aromatic carbocycles. The van der Waals surface area contributed by atoms with Crippen LogP contribution in [0.2, 0.25) is 0 Å². The van der Waals surface area contributed by atoms with E-state index in [9.17, 15) is 58.8 Å². The van der Waals surface area contributed by atoms with E-state index in [1.54, 1.807) is 0 Å². The van der Waals surface area contributed by atoms with Crippen LogP contribution in [-0.4, -0.2) is 127 Å². The maximum atomic E-state index is 10.6. The number of hydrogen-bond acceptors (Lipinski definition) is 20. The maximum absolute atomic E-state index is 10.6. The van der Waals surface area contributed by atoms with Crippen LogP contribution < -0.4 is 160 Å². The molecule has 0 atom stereocenters. The van der Waals surface area contributed by atoms with Crippen molar-refractivity contribution < 1.29 is 196 Å². The Morgan fingerprint density at radius 1 is 0.477 bits per heavy atom. The van der Waals surface area contributed by atoms with Gasteiger partial charge >= 0.3 is 142 Å². The van der Waals surface area contributed by atoms with Crippen LogP contribution in [0, 0.1) is 0 Å². The zero-order valence-corrected chi connectivity index (χ0v) is 33.0. The number of carbonyl (C=O) groups excluding carboxylic acids is 8. The molecule has 2 heterocycles. The molecule has 0 unspecified atom stereocenters. The van der Waals surface area contributed by atoms with Gasteiger partial charge in [-0.3, -0.25) is 29.8 Å². The maximum Gasteiger partial charge on any atom is 1.00 e. The monoisotopic (exact) mass is 672 g/mol. The van der Waals surface area contributed by atoms with Crippen molar-refractivity contribution in [2.45, 2.75) is 0 Å². The molecule has 44 heavy (non-hydrogen) atoms. The summed E-state index contributed by atoms with van der Waals surface area (Å²) in [6.45, 7) is -1.02. The minimum absolute atomic E-state index is 0. The first-order valence-corrected chi connectivity index (χ1v) is 11.1. The van der Waals surface area contributed by atoms with Crippen LogP contribution >= 0.6 is 0 Å². The van der Waals surface area contributed by atoms with Gasteiger partial charge in [0.1, 0.15) is 26.4 Å². The van der Waals surface area contributed by atoms with Crippen LogP contribution in [0.1, 0.15) is 0 Å². The van der Waals surface area contributed by atoms with E-state index < -0.39 is 50.1 Å². The molecule has 4 N–H and O–H groups in total. The van der Waals surface area contributed by atoms with Crippen LogP contribution in [0.15, 0.2) is 0 Å². The molecule has 24 heteroatoms. The molecule has 0 radical (unpaired) electrons. The topological polar surface area (TPSA) is 314 Å². The molecule has 0 bridgehead atoms. The van der Waals surface area contributed by atoms with Gasteiger partial charge in [0.2, 0.25) is 0 Å². The number of hydrogen-bond donors (Lipinski definition) is 4. The fraction of sp³-hybridized carbons (Fsp3) is 0.600. The van der Waals surface area contributed by atoms with E-state index in [0.29, 0.717) is 0 Å². The van der Waals surface area contributed by atoms with Crippen molar-refractivity contribution in [3.63, 3.8) is 0 Å². The molecule has 0 spiro atoms. The Hall–Kier alpha value is -0.400. The second-order valence-electron chi connectivity index (χ2n) is 6.78. The van der Waals surface area contributed by atoms with E-state index in [1.165, 1.54) is 0 Å². The summed E-state index contributed by atoms with van der Waals surface area (Å²) < 4.78 is 18.5. The van der Waals surface area contributed by atoms with E-state index >= 15 is 0 Å². The fourth-order valence-electron chi connectivity index (χ4n) is 1.89. The Balaban J connectivity index is -0.000000107. The SMILES string of the molecule is O=C([O-])CNCC(=O)[O-].O=C([O-])CNCC(=O)[O-].O=C1CNCC(=O)OCCO1.O=C1CNCC(=O)OCCO1.[Na+].[Na+].[Na+].[Na+]. The van der Waals surface area contributed by atoms with Crippen molar-refractivity contribution in [2.75, 3.05) is 78.8 Å². The quantitative estimate of drug-likeness (QED) is 0.106. The average molecular weight is 672 g/mol. The number of carboxylic acid groups (broad SMARTS) is 4. The number of carbonyl (C=O) groups is 8. The summed E-state index contributed by atoms with van der Waals surface area (Å²) in [5.74, 6) is -6.78. The Kier molecular flexibility index (Phi) is 49.3. The van der Waals surface area contributed by atoms with Gasteiger partial charge in [0.25, 0.3) is 0 Å². The molecule has 0 aromatic heterocycles. The van der Waals surface area contributed by atoms with Crippen molar-refractivity contribution in [3.8, 4) is 0 Å². The number of ether oxygens (including phenoxy) is 4. The van der Waals surface area contributed by atoms with Gasteiger partial charge in [0.05, 0.1) is 50.1 Å². The van der Waals surface area contributed by atoms with Crippen molar-refractivity contribution >= 4 is 47.8 Å². The smallest absolute Gasteiger partial charge is 0.549 e. The molecule has 0 aromatic rings. The van der Waals surface area contributed by atoms with Crippen LogP contribution in [0.5, 0.6) is 0 Å². The minimum Gasteiger partial charge on any atom is -0.549 e. The Labute approximate surface area is 339 Å². The van der Waals surface area contributed by atoms with E-state index in [4.69, 9.17) is 0 Å². The van der Waals surface area contributed by atoms with E-state index in [2.05, 4.69) is 40.2 Å². The normalized spacial score (nSPS) is 14.0. The number of aliphatic carboxylic acids is 4. The van der Waals surface area contributed by atoms with Gasteiger partial charge in [-0.2, -0.15) is 0 Å². The predicted octanol–water partition coefficient (Wildman–Crippen LogP) is -22.5. The fourth-order valence-corrected chi connectivity index (χ4v) is 1.89. The van der Waals surface area contributed by atoms with Gasteiger partial charge in [-0.15, -0.1) is 0 Å². The first kappa shape index (κ1) is 56.0. The van der Waals surface area contributed by atoms with Crippen molar-refractivity contribution in [3.05, 3.63) is 0 Å². The Morgan fingerprint density at radius 2 is 0.659 bits per heavy atom. The van der Waals surface area contributed by atoms with Gasteiger partial charge in [-0.05, 0) is 0 Å². The van der Waals surface area contributed by atoms with Crippen LogP contribution in [0.25, 0.3) is 0 Å². The number of nitrogens with one attached hydrogen (secondary N) is 4. The standard InChI is InChI=1S/2C6H9NO4.2C4H7NO4.4Na/c2*8-5-3-7-4-6(9)11-2-1-10-5;2*6-3(7)1-5-2-4(8)9;;;;/h2*7H,1-4H2;2*5H,1-2H2,(H,6,7)(H,8,9);;;;/q;;;;4*+1/p-4. The molecule has 2 aliphatic heterocycles. The van der Waals surface area contributed by atoms with Crippen LogP contribution in [0.4, 0.5) is 0 Å². The van der Waals surface area contributed by atoms with E-state index in [-0.39, 0.29) is 195 Å². The third-order valence-corrected chi connectivity index (χ3v) is 3.37. The molecule has 2 saturated heterocycles. The summed E-state index contributed by atoms with van der Waals surface area (Å²) in [4.78, 5) is 81.0. The summed E-state index contributed by atoms with van der Waals surface area (Å²) in [7, 11) is 0. The molecule has 2 fully saturated rings.